The molecule has 0 heterocycles. The van der Waals surface area contributed by atoms with Crippen molar-refractivity contribution in [2.75, 3.05) is 0 Å². The van der Waals surface area contributed by atoms with Gasteiger partial charge in [-0.1, -0.05) is 20.8 Å². The van der Waals surface area contributed by atoms with E-state index in [0.29, 0.717) is 0 Å². The quantitative estimate of drug-likeness (QED) is 0.688. The molecule has 1 aromatic rings. The summed E-state index contributed by atoms with van der Waals surface area (Å²) in [6, 6.07) is 0. The molecule has 1 rings (SSSR count). The van der Waals surface area contributed by atoms with E-state index in [2.05, 4.69) is 41.5 Å². The standard InChI is InChI=1S/C15H24/c1-7-13-10(4)14(8-2)12(6)15(9-3)11(13)5/h7-9H2,1-6H3. The minimum Gasteiger partial charge on any atom is -0.0613 e. The van der Waals surface area contributed by atoms with Crippen molar-refractivity contribution in [3.05, 3.63) is 33.4 Å². The molecule has 0 radical (unpaired) electrons. The van der Waals surface area contributed by atoms with E-state index in [1.54, 1.807) is 16.7 Å². The Bertz CT molecular complexity index is 281. The van der Waals surface area contributed by atoms with Gasteiger partial charge in [-0.2, -0.15) is 0 Å². The van der Waals surface area contributed by atoms with Crippen molar-refractivity contribution in [2.24, 2.45) is 0 Å². The third-order valence-electron chi connectivity index (χ3n) is 3.78. The van der Waals surface area contributed by atoms with Crippen LogP contribution in [0.4, 0.5) is 0 Å². The van der Waals surface area contributed by atoms with E-state index in [9.17, 15) is 0 Å². The molecular formula is C15H24. The molecule has 0 aliphatic carbocycles. The minimum absolute atomic E-state index is 1.16. The van der Waals surface area contributed by atoms with Crippen molar-refractivity contribution in [2.45, 2.75) is 60.8 Å². The third-order valence-corrected chi connectivity index (χ3v) is 3.78. The summed E-state index contributed by atoms with van der Waals surface area (Å²) in [6.45, 7) is 13.7. The Kier molecular flexibility index (Phi) is 3.96. The summed E-state index contributed by atoms with van der Waals surface area (Å²) in [5, 5.41) is 0. The number of rotatable bonds is 3. The second-order valence-corrected chi connectivity index (χ2v) is 4.37. The van der Waals surface area contributed by atoms with Gasteiger partial charge in [0, 0.05) is 0 Å². The number of hydrogen-bond donors (Lipinski definition) is 0. The van der Waals surface area contributed by atoms with Crippen LogP contribution in [0, 0.1) is 20.8 Å². The van der Waals surface area contributed by atoms with Gasteiger partial charge in [0.05, 0.1) is 0 Å². The van der Waals surface area contributed by atoms with Crippen LogP contribution in [0.25, 0.3) is 0 Å². The van der Waals surface area contributed by atoms with Crippen LogP contribution in [0.15, 0.2) is 0 Å². The second-order valence-electron chi connectivity index (χ2n) is 4.37. The number of hydrogen-bond acceptors (Lipinski definition) is 0. The second kappa shape index (κ2) is 4.83. The zero-order chi connectivity index (χ0) is 11.6. The Morgan fingerprint density at radius 1 is 0.533 bits per heavy atom. The molecule has 15 heavy (non-hydrogen) atoms. The Hall–Kier alpha value is -0.780. The van der Waals surface area contributed by atoms with Gasteiger partial charge in [0.1, 0.15) is 0 Å². The lowest BCUT2D eigenvalue weighted by atomic mass is 9.85. The maximum absolute atomic E-state index is 2.29. The van der Waals surface area contributed by atoms with Crippen molar-refractivity contribution in [1.29, 1.82) is 0 Å². The minimum atomic E-state index is 1.16. The molecule has 1 aromatic carbocycles. The summed E-state index contributed by atoms with van der Waals surface area (Å²) >= 11 is 0. The Morgan fingerprint density at radius 3 is 0.867 bits per heavy atom. The molecule has 0 amide bonds. The van der Waals surface area contributed by atoms with Gasteiger partial charge in [-0.05, 0) is 73.4 Å². The van der Waals surface area contributed by atoms with Crippen LogP contribution >= 0.6 is 0 Å². The zero-order valence-electron chi connectivity index (χ0n) is 11.1. The van der Waals surface area contributed by atoms with Crippen molar-refractivity contribution < 1.29 is 0 Å². The lowest BCUT2D eigenvalue weighted by molar-refractivity contribution is 0.960. The first-order valence-electron chi connectivity index (χ1n) is 6.18. The van der Waals surface area contributed by atoms with E-state index < -0.39 is 0 Å². The Labute approximate surface area is 94.7 Å². The maximum atomic E-state index is 2.29. The van der Waals surface area contributed by atoms with Crippen molar-refractivity contribution in [1.82, 2.24) is 0 Å². The molecule has 0 saturated heterocycles. The van der Waals surface area contributed by atoms with Crippen molar-refractivity contribution in [3.63, 3.8) is 0 Å². The Balaban J connectivity index is 3.57. The van der Waals surface area contributed by atoms with Gasteiger partial charge in [-0.25, -0.2) is 0 Å². The van der Waals surface area contributed by atoms with Crippen LogP contribution in [-0.2, 0) is 19.3 Å². The maximum Gasteiger partial charge on any atom is -0.0302 e. The SMILES string of the molecule is CCc1c(C)c(CC)c(C)c(CC)c1C. The summed E-state index contributed by atoms with van der Waals surface area (Å²) in [4.78, 5) is 0. The normalized spacial score (nSPS) is 10.8. The molecule has 0 saturated carbocycles. The van der Waals surface area contributed by atoms with Gasteiger partial charge >= 0.3 is 0 Å². The molecule has 0 heteroatoms. The summed E-state index contributed by atoms with van der Waals surface area (Å²) in [5.74, 6) is 0. The zero-order valence-corrected chi connectivity index (χ0v) is 11.1. The first-order chi connectivity index (χ1) is 7.08. The van der Waals surface area contributed by atoms with Gasteiger partial charge in [-0.3, -0.25) is 0 Å². The lowest BCUT2D eigenvalue weighted by Crippen LogP contribution is -2.05. The molecule has 0 nitrogen and oxygen atoms in total. The molecule has 0 N–H and O–H groups in total. The predicted molar refractivity (Wildman–Crippen MR) is 68.8 cm³/mol. The van der Waals surface area contributed by atoms with Gasteiger partial charge in [0.25, 0.3) is 0 Å². The highest BCUT2D eigenvalue weighted by Crippen LogP contribution is 2.28. The fourth-order valence-corrected chi connectivity index (χ4v) is 2.98. The summed E-state index contributed by atoms with van der Waals surface area (Å²) in [5.41, 5.74) is 9.34. The van der Waals surface area contributed by atoms with Crippen molar-refractivity contribution >= 4 is 0 Å². The van der Waals surface area contributed by atoms with Gasteiger partial charge in [0.15, 0.2) is 0 Å². The molecule has 0 aliphatic heterocycles. The highest BCUT2D eigenvalue weighted by molar-refractivity contribution is 5.50. The summed E-state index contributed by atoms with van der Waals surface area (Å²) in [6.07, 6.45) is 3.49. The van der Waals surface area contributed by atoms with Crippen LogP contribution in [0.3, 0.4) is 0 Å². The van der Waals surface area contributed by atoms with Gasteiger partial charge in [0.2, 0.25) is 0 Å². The van der Waals surface area contributed by atoms with E-state index in [-0.39, 0.29) is 0 Å². The molecular weight excluding hydrogens is 180 g/mol. The summed E-state index contributed by atoms with van der Waals surface area (Å²) < 4.78 is 0. The average molecular weight is 204 g/mol. The van der Waals surface area contributed by atoms with E-state index in [1.165, 1.54) is 16.7 Å². The van der Waals surface area contributed by atoms with Crippen LogP contribution in [0.2, 0.25) is 0 Å². The van der Waals surface area contributed by atoms with E-state index in [4.69, 9.17) is 0 Å². The summed E-state index contributed by atoms with van der Waals surface area (Å²) in [7, 11) is 0. The molecule has 84 valence electrons. The lowest BCUT2D eigenvalue weighted by Gasteiger charge is -2.20. The van der Waals surface area contributed by atoms with Gasteiger partial charge < -0.3 is 0 Å². The predicted octanol–water partition coefficient (Wildman–Crippen LogP) is 4.30. The fraction of sp³-hybridized carbons (Fsp3) is 0.600. The van der Waals surface area contributed by atoms with Crippen LogP contribution in [0.1, 0.15) is 54.2 Å². The molecule has 0 aromatic heterocycles. The molecule has 0 aliphatic rings. The third kappa shape index (κ3) is 1.95. The topological polar surface area (TPSA) is 0 Å². The molecule has 0 atom stereocenters. The van der Waals surface area contributed by atoms with E-state index in [0.717, 1.165) is 19.3 Å². The van der Waals surface area contributed by atoms with Crippen LogP contribution < -0.4 is 0 Å². The molecule has 0 fully saturated rings. The van der Waals surface area contributed by atoms with Crippen LogP contribution in [-0.4, -0.2) is 0 Å². The fourth-order valence-electron chi connectivity index (χ4n) is 2.98. The number of benzene rings is 1. The monoisotopic (exact) mass is 204 g/mol. The van der Waals surface area contributed by atoms with Crippen LogP contribution in [0.5, 0.6) is 0 Å². The Morgan fingerprint density at radius 2 is 0.733 bits per heavy atom. The highest BCUT2D eigenvalue weighted by Gasteiger charge is 2.13. The van der Waals surface area contributed by atoms with E-state index >= 15 is 0 Å². The first-order valence-corrected chi connectivity index (χ1v) is 6.18. The smallest absolute Gasteiger partial charge is 0.0302 e. The highest BCUT2D eigenvalue weighted by atomic mass is 14.2. The van der Waals surface area contributed by atoms with E-state index in [1.807, 2.05) is 0 Å². The molecule has 0 bridgehead atoms. The largest absolute Gasteiger partial charge is 0.0613 e. The van der Waals surface area contributed by atoms with Gasteiger partial charge in [-0.15, -0.1) is 0 Å². The van der Waals surface area contributed by atoms with Crippen molar-refractivity contribution in [3.8, 4) is 0 Å². The molecule has 0 spiro atoms. The average Bonchev–Trinajstić information content (AvgIpc) is 2.19. The molecule has 0 unspecified atom stereocenters. The first kappa shape index (κ1) is 12.3.